The Bertz CT molecular complexity index is 633. The van der Waals surface area contributed by atoms with Gasteiger partial charge in [0.05, 0.1) is 11.8 Å². The van der Waals surface area contributed by atoms with E-state index in [9.17, 15) is 14.4 Å². The fourth-order valence-corrected chi connectivity index (χ4v) is 1.75. The van der Waals surface area contributed by atoms with Crippen molar-refractivity contribution in [1.82, 2.24) is 0 Å². The summed E-state index contributed by atoms with van der Waals surface area (Å²) in [7, 11) is 0. The monoisotopic (exact) mass is 362 g/mol. The average Bonchev–Trinajstić information content (AvgIpc) is 2.63. The van der Waals surface area contributed by atoms with Gasteiger partial charge in [-0.2, -0.15) is 0 Å². The van der Waals surface area contributed by atoms with Crippen molar-refractivity contribution in [2.24, 2.45) is 5.41 Å². The lowest BCUT2D eigenvalue weighted by Gasteiger charge is -2.20. The van der Waals surface area contributed by atoms with Crippen molar-refractivity contribution in [3.8, 4) is 0 Å². The molecule has 1 aromatic carbocycles. The molecule has 0 aliphatic heterocycles. The zero-order chi connectivity index (χ0) is 19.6. The lowest BCUT2D eigenvalue weighted by molar-refractivity contribution is -0.159. The number of carbonyl (C=O) groups excluding carboxylic acids is 3. The molecule has 0 amide bonds. The molecule has 0 saturated heterocycles. The largest absolute Gasteiger partial charge is 0.462 e. The summed E-state index contributed by atoms with van der Waals surface area (Å²) in [6.07, 6.45) is 0.374. The van der Waals surface area contributed by atoms with Crippen LogP contribution in [0, 0.1) is 5.41 Å². The van der Waals surface area contributed by atoms with E-state index in [1.54, 1.807) is 13.8 Å². The van der Waals surface area contributed by atoms with E-state index in [0.29, 0.717) is 6.42 Å². The van der Waals surface area contributed by atoms with Crippen LogP contribution in [0.25, 0.3) is 0 Å². The van der Waals surface area contributed by atoms with E-state index in [4.69, 9.17) is 14.2 Å². The van der Waals surface area contributed by atoms with Gasteiger partial charge in [0.15, 0.2) is 0 Å². The van der Waals surface area contributed by atoms with E-state index >= 15 is 0 Å². The van der Waals surface area contributed by atoms with Crippen molar-refractivity contribution in [1.29, 1.82) is 0 Å². The van der Waals surface area contributed by atoms with Gasteiger partial charge in [0.25, 0.3) is 0 Å². The maximum Gasteiger partial charge on any atom is 0.334 e. The SMILES string of the molecule is C=C(CC(=O)OCCOC(=O)C(C)(C)CC)C(=O)OCc1ccccc1. The molecule has 26 heavy (non-hydrogen) atoms. The van der Waals surface area contributed by atoms with Crippen LogP contribution in [0.3, 0.4) is 0 Å². The Labute approximate surface area is 154 Å². The van der Waals surface area contributed by atoms with Gasteiger partial charge in [-0.3, -0.25) is 9.59 Å². The molecule has 0 fully saturated rings. The van der Waals surface area contributed by atoms with E-state index in [-0.39, 0.29) is 37.8 Å². The fraction of sp³-hybridized carbons (Fsp3) is 0.450. The summed E-state index contributed by atoms with van der Waals surface area (Å²) in [5, 5.41) is 0. The zero-order valence-electron chi connectivity index (χ0n) is 15.6. The van der Waals surface area contributed by atoms with Gasteiger partial charge in [0.1, 0.15) is 19.8 Å². The first-order valence-electron chi connectivity index (χ1n) is 8.48. The van der Waals surface area contributed by atoms with Crippen LogP contribution in [0.1, 0.15) is 39.2 Å². The average molecular weight is 362 g/mol. The topological polar surface area (TPSA) is 78.9 Å². The van der Waals surface area contributed by atoms with Gasteiger partial charge in [0, 0.05) is 5.57 Å². The Morgan fingerprint density at radius 3 is 2.23 bits per heavy atom. The highest BCUT2D eigenvalue weighted by molar-refractivity contribution is 5.93. The second kappa shape index (κ2) is 10.4. The summed E-state index contributed by atoms with van der Waals surface area (Å²) in [6, 6.07) is 9.19. The molecule has 0 bridgehead atoms. The summed E-state index contributed by atoms with van der Waals surface area (Å²) in [5.74, 6) is -1.62. The zero-order valence-corrected chi connectivity index (χ0v) is 15.6. The van der Waals surface area contributed by atoms with Gasteiger partial charge in [-0.15, -0.1) is 0 Å². The number of hydrogen-bond donors (Lipinski definition) is 0. The van der Waals surface area contributed by atoms with Gasteiger partial charge in [0.2, 0.25) is 0 Å². The summed E-state index contributed by atoms with van der Waals surface area (Å²) in [6.45, 7) is 9.01. The number of ether oxygens (including phenoxy) is 3. The van der Waals surface area contributed by atoms with Crippen molar-refractivity contribution in [2.75, 3.05) is 13.2 Å². The van der Waals surface area contributed by atoms with Crippen LogP contribution in [0.4, 0.5) is 0 Å². The van der Waals surface area contributed by atoms with Crippen LogP contribution in [0.2, 0.25) is 0 Å². The van der Waals surface area contributed by atoms with E-state index in [1.165, 1.54) is 0 Å². The molecule has 1 rings (SSSR count). The minimum atomic E-state index is -0.651. The Morgan fingerprint density at radius 1 is 1.00 bits per heavy atom. The molecule has 6 heteroatoms. The summed E-state index contributed by atoms with van der Waals surface area (Å²) in [5.41, 5.74) is 0.281. The molecular formula is C20H26O6. The van der Waals surface area contributed by atoms with Crippen LogP contribution in [-0.2, 0) is 35.2 Å². The molecule has 0 saturated carbocycles. The first kappa shape index (κ1) is 21.4. The first-order valence-corrected chi connectivity index (χ1v) is 8.48. The van der Waals surface area contributed by atoms with E-state index in [0.717, 1.165) is 5.56 Å². The molecule has 0 atom stereocenters. The Kier molecular flexibility index (Phi) is 8.55. The molecule has 0 aliphatic rings. The predicted octanol–water partition coefficient (Wildman–Crippen LogP) is 3.20. The number of rotatable bonds is 10. The lowest BCUT2D eigenvalue weighted by atomic mass is 9.91. The number of esters is 3. The Morgan fingerprint density at radius 2 is 1.62 bits per heavy atom. The standard InChI is InChI=1S/C20H26O6/c1-5-20(3,4)19(23)25-12-11-24-17(21)13-15(2)18(22)26-14-16-9-7-6-8-10-16/h6-10H,2,5,11-14H2,1,3-4H3. The minimum absolute atomic E-state index is 0.00930. The van der Waals surface area contributed by atoms with Gasteiger partial charge < -0.3 is 14.2 Å². The molecule has 0 unspecified atom stereocenters. The number of benzene rings is 1. The second-order valence-corrected chi connectivity index (χ2v) is 6.44. The van der Waals surface area contributed by atoms with Crippen molar-refractivity contribution in [2.45, 2.75) is 40.2 Å². The van der Waals surface area contributed by atoms with Crippen LogP contribution in [0.15, 0.2) is 42.5 Å². The molecule has 0 aromatic heterocycles. The molecule has 0 radical (unpaired) electrons. The predicted molar refractivity (Wildman–Crippen MR) is 96.0 cm³/mol. The highest BCUT2D eigenvalue weighted by atomic mass is 16.6. The minimum Gasteiger partial charge on any atom is -0.462 e. The van der Waals surface area contributed by atoms with Gasteiger partial charge in [-0.1, -0.05) is 43.8 Å². The van der Waals surface area contributed by atoms with Gasteiger partial charge in [-0.25, -0.2) is 4.79 Å². The molecule has 0 spiro atoms. The van der Waals surface area contributed by atoms with Crippen molar-refractivity contribution in [3.05, 3.63) is 48.0 Å². The molecule has 0 heterocycles. The summed E-state index contributed by atoms with van der Waals surface area (Å²) >= 11 is 0. The van der Waals surface area contributed by atoms with Crippen LogP contribution in [0.5, 0.6) is 0 Å². The summed E-state index contributed by atoms with van der Waals surface area (Å²) < 4.78 is 15.1. The van der Waals surface area contributed by atoms with Gasteiger partial charge >= 0.3 is 17.9 Å². The molecule has 0 aliphatic carbocycles. The maximum absolute atomic E-state index is 11.8. The van der Waals surface area contributed by atoms with Gasteiger partial charge in [-0.05, 0) is 25.8 Å². The molecular weight excluding hydrogens is 336 g/mol. The van der Waals surface area contributed by atoms with Crippen molar-refractivity contribution >= 4 is 17.9 Å². The Balaban J connectivity index is 2.24. The van der Waals surface area contributed by atoms with E-state index in [2.05, 4.69) is 6.58 Å². The first-order chi connectivity index (χ1) is 12.3. The number of hydrogen-bond acceptors (Lipinski definition) is 6. The highest BCUT2D eigenvalue weighted by Gasteiger charge is 2.26. The van der Waals surface area contributed by atoms with Crippen LogP contribution >= 0.6 is 0 Å². The van der Waals surface area contributed by atoms with Crippen LogP contribution in [-0.4, -0.2) is 31.1 Å². The number of carbonyl (C=O) groups is 3. The van der Waals surface area contributed by atoms with E-state index in [1.807, 2.05) is 37.3 Å². The molecule has 6 nitrogen and oxygen atoms in total. The van der Waals surface area contributed by atoms with Crippen molar-refractivity contribution in [3.63, 3.8) is 0 Å². The molecule has 142 valence electrons. The molecule has 0 N–H and O–H groups in total. The van der Waals surface area contributed by atoms with E-state index < -0.39 is 17.4 Å². The third-order valence-corrected chi connectivity index (χ3v) is 3.88. The maximum atomic E-state index is 11.8. The third-order valence-electron chi connectivity index (χ3n) is 3.88. The highest BCUT2D eigenvalue weighted by Crippen LogP contribution is 2.21. The quantitative estimate of drug-likeness (QED) is 0.275. The second-order valence-electron chi connectivity index (χ2n) is 6.44. The summed E-state index contributed by atoms with van der Waals surface area (Å²) in [4.78, 5) is 35.3. The smallest absolute Gasteiger partial charge is 0.334 e. The fourth-order valence-electron chi connectivity index (χ4n) is 1.75. The Hall–Kier alpha value is -2.63. The lowest BCUT2D eigenvalue weighted by Crippen LogP contribution is -2.27. The van der Waals surface area contributed by atoms with Crippen LogP contribution < -0.4 is 0 Å². The third kappa shape index (κ3) is 7.51. The van der Waals surface area contributed by atoms with Crippen molar-refractivity contribution < 1.29 is 28.6 Å². The molecule has 1 aromatic rings. The normalized spacial score (nSPS) is 10.7.